The summed E-state index contributed by atoms with van der Waals surface area (Å²) in [6.07, 6.45) is 0.677. The summed E-state index contributed by atoms with van der Waals surface area (Å²) in [6, 6.07) is 11.9. The van der Waals surface area contributed by atoms with Gasteiger partial charge in [0.2, 0.25) is 10.0 Å². The Morgan fingerprint density at radius 3 is 2.65 bits per heavy atom. The molecule has 2 atom stereocenters. The van der Waals surface area contributed by atoms with Crippen molar-refractivity contribution >= 4 is 21.6 Å². The average Bonchev–Trinajstić information content (AvgIpc) is 2.71. The highest BCUT2D eigenvalue weighted by atomic mass is 32.2. The Hall–Kier alpha value is -2.94. The van der Waals surface area contributed by atoms with Gasteiger partial charge in [0.1, 0.15) is 22.8 Å². The summed E-state index contributed by atoms with van der Waals surface area (Å²) in [5, 5.41) is 3.03. The van der Waals surface area contributed by atoms with Gasteiger partial charge in [0.05, 0.1) is 31.6 Å². The number of nitrogens with zero attached hydrogens (tertiary/aromatic N) is 1. The molecule has 0 spiro atoms. The first-order valence-electron chi connectivity index (χ1n) is 9.98. The Balaban J connectivity index is 1.61. The number of amides is 1. The van der Waals surface area contributed by atoms with Gasteiger partial charge in [-0.05, 0) is 44.2 Å². The van der Waals surface area contributed by atoms with Gasteiger partial charge in [0.25, 0.3) is 5.91 Å². The van der Waals surface area contributed by atoms with Crippen LogP contribution in [0.4, 0.5) is 5.69 Å². The fourth-order valence-electron chi connectivity index (χ4n) is 4.01. The van der Waals surface area contributed by atoms with Crippen molar-refractivity contribution < 1.29 is 27.4 Å². The maximum atomic E-state index is 13.2. The summed E-state index contributed by atoms with van der Waals surface area (Å²) >= 11 is 0. The van der Waals surface area contributed by atoms with E-state index in [0.717, 1.165) is 11.8 Å². The molecule has 1 amide bonds. The first kappa shape index (κ1) is 21.3. The van der Waals surface area contributed by atoms with Crippen LogP contribution in [-0.2, 0) is 14.8 Å². The Bertz CT molecular complexity index is 1110. The number of methoxy groups -OCH3 is 1. The molecule has 31 heavy (non-hydrogen) atoms. The number of hydrogen-bond donors (Lipinski definition) is 1. The van der Waals surface area contributed by atoms with E-state index >= 15 is 0 Å². The minimum Gasteiger partial charge on any atom is -0.497 e. The van der Waals surface area contributed by atoms with Crippen molar-refractivity contribution in [3.63, 3.8) is 0 Å². The van der Waals surface area contributed by atoms with E-state index < -0.39 is 21.7 Å². The molecule has 0 unspecified atom stereocenters. The number of ether oxygens (including phenoxy) is 3. The van der Waals surface area contributed by atoms with E-state index in [4.69, 9.17) is 14.2 Å². The minimum absolute atomic E-state index is 0.0980. The van der Waals surface area contributed by atoms with Crippen LogP contribution >= 0.6 is 0 Å². The number of rotatable bonds is 4. The highest BCUT2D eigenvalue weighted by Crippen LogP contribution is 2.41. The Morgan fingerprint density at radius 2 is 1.94 bits per heavy atom. The van der Waals surface area contributed by atoms with Crippen LogP contribution in [0.5, 0.6) is 17.2 Å². The third-order valence-corrected chi connectivity index (χ3v) is 6.56. The van der Waals surface area contributed by atoms with Crippen molar-refractivity contribution in [3.05, 3.63) is 48.0 Å². The van der Waals surface area contributed by atoms with Gasteiger partial charge in [-0.25, -0.2) is 8.42 Å². The number of carbonyl (C=O) groups is 1. The molecule has 1 N–H and O–H groups in total. The van der Waals surface area contributed by atoms with Gasteiger partial charge in [0.15, 0.2) is 6.10 Å². The lowest BCUT2D eigenvalue weighted by atomic mass is 9.89. The van der Waals surface area contributed by atoms with Gasteiger partial charge in [-0.2, -0.15) is 0 Å². The second kappa shape index (κ2) is 7.64. The smallest absolute Gasteiger partial charge is 0.263 e. The van der Waals surface area contributed by atoms with Crippen LogP contribution in [0.3, 0.4) is 0 Å². The second-order valence-corrected chi connectivity index (χ2v) is 10.3. The molecule has 4 rings (SSSR count). The van der Waals surface area contributed by atoms with Crippen molar-refractivity contribution in [1.29, 1.82) is 0 Å². The van der Waals surface area contributed by atoms with Crippen LogP contribution in [0, 0.1) is 0 Å². The predicted octanol–water partition coefficient (Wildman–Crippen LogP) is 2.64. The van der Waals surface area contributed by atoms with E-state index in [0.29, 0.717) is 29.4 Å². The number of hydrogen-bond acceptors (Lipinski definition) is 6. The molecule has 0 bridgehead atoms. The largest absolute Gasteiger partial charge is 0.497 e. The number of benzene rings is 2. The van der Waals surface area contributed by atoms with Crippen LogP contribution in [0.2, 0.25) is 0 Å². The van der Waals surface area contributed by atoms with Gasteiger partial charge in [-0.15, -0.1) is 0 Å². The molecule has 9 heteroatoms. The zero-order valence-corrected chi connectivity index (χ0v) is 18.7. The SMILES string of the molecule is COc1ccc2c(c1)[C@@H](NC(=O)[C@@H]1CN(S(C)(=O)=O)c3ccccc3O1)CC(C)(C)O2. The number of nitrogens with one attached hydrogen (secondary N) is 1. The monoisotopic (exact) mass is 446 g/mol. The summed E-state index contributed by atoms with van der Waals surface area (Å²) in [4.78, 5) is 13.2. The van der Waals surface area contributed by atoms with Crippen molar-refractivity contribution in [2.45, 2.75) is 38.0 Å². The highest BCUT2D eigenvalue weighted by Gasteiger charge is 2.39. The molecule has 2 aliphatic heterocycles. The molecule has 0 fully saturated rings. The van der Waals surface area contributed by atoms with E-state index in [1.54, 1.807) is 31.4 Å². The van der Waals surface area contributed by atoms with Crippen molar-refractivity contribution in [1.82, 2.24) is 5.32 Å². The predicted molar refractivity (Wildman–Crippen MR) is 116 cm³/mol. The van der Waals surface area contributed by atoms with Crippen molar-refractivity contribution in [2.75, 3.05) is 24.2 Å². The van der Waals surface area contributed by atoms with Crippen LogP contribution in [-0.4, -0.2) is 45.9 Å². The van der Waals surface area contributed by atoms with E-state index in [1.165, 1.54) is 4.31 Å². The number of sulfonamides is 1. The minimum atomic E-state index is -3.58. The Kier molecular flexibility index (Phi) is 5.25. The first-order valence-corrected chi connectivity index (χ1v) is 11.8. The third kappa shape index (κ3) is 4.27. The van der Waals surface area contributed by atoms with Crippen molar-refractivity contribution in [2.24, 2.45) is 0 Å². The lowest BCUT2D eigenvalue weighted by molar-refractivity contribution is -0.129. The summed E-state index contributed by atoms with van der Waals surface area (Å²) in [5.41, 5.74) is 0.748. The van der Waals surface area contributed by atoms with Crippen LogP contribution < -0.4 is 23.8 Å². The van der Waals surface area contributed by atoms with E-state index in [-0.39, 0.29) is 18.5 Å². The molecule has 2 aromatic carbocycles. The van der Waals surface area contributed by atoms with Gasteiger partial charge in [-0.3, -0.25) is 9.10 Å². The van der Waals surface area contributed by atoms with Gasteiger partial charge in [-0.1, -0.05) is 12.1 Å². The molecule has 2 heterocycles. The van der Waals surface area contributed by atoms with Crippen LogP contribution in [0.15, 0.2) is 42.5 Å². The van der Waals surface area contributed by atoms with Crippen LogP contribution in [0.1, 0.15) is 31.9 Å². The topological polar surface area (TPSA) is 94.2 Å². The van der Waals surface area contributed by atoms with Gasteiger partial charge < -0.3 is 19.5 Å². The number of fused-ring (bicyclic) bond motifs is 2. The maximum Gasteiger partial charge on any atom is 0.263 e. The molecular formula is C22H26N2O6S. The molecule has 0 radical (unpaired) electrons. The molecule has 0 saturated carbocycles. The summed E-state index contributed by atoms with van der Waals surface area (Å²) in [7, 11) is -2.00. The number of anilines is 1. The first-order chi connectivity index (χ1) is 14.6. The normalized spacial score (nSPS) is 21.7. The molecule has 166 valence electrons. The molecular weight excluding hydrogens is 420 g/mol. The number of carbonyl (C=O) groups excluding carboxylic acids is 1. The zero-order chi connectivity index (χ0) is 22.4. The summed E-state index contributed by atoms with van der Waals surface area (Å²) in [6.45, 7) is 3.81. The van der Waals surface area contributed by atoms with Gasteiger partial charge in [0, 0.05) is 12.0 Å². The molecule has 2 aliphatic rings. The van der Waals surface area contributed by atoms with Crippen molar-refractivity contribution in [3.8, 4) is 17.2 Å². The van der Waals surface area contributed by atoms with E-state index in [9.17, 15) is 13.2 Å². The van der Waals surface area contributed by atoms with E-state index in [1.807, 2.05) is 32.0 Å². The lowest BCUT2D eigenvalue weighted by Crippen LogP contribution is -2.52. The average molecular weight is 447 g/mol. The molecule has 0 saturated heterocycles. The maximum absolute atomic E-state index is 13.2. The molecule has 2 aromatic rings. The zero-order valence-electron chi connectivity index (χ0n) is 17.9. The fourth-order valence-corrected chi connectivity index (χ4v) is 4.92. The van der Waals surface area contributed by atoms with Gasteiger partial charge >= 0.3 is 0 Å². The summed E-state index contributed by atoms with van der Waals surface area (Å²) in [5.74, 6) is 1.30. The standard InChI is InChI=1S/C22H26N2O6S/c1-22(2)12-16(15-11-14(28-3)9-10-18(15)30-22)23-21(25)20-13-24(31(4,26)27)17-7-5-6-8-19(17)29-20/h5-11,16,20H,12-13H2,1-4H3,(H,23,25)/t16-,20-/m0/s1. The quantitative estimate of drug-likeness (QED) is 0.776. The number of para-hydroxylation sites is 2. The Morgan fingerprint density at radius 1 is 1.19 bits per heavy atom. The second-order valence-electron chi connectivity index (χ2n) is 8.40. The Labute approximate surface area is 182 Å². The molecule has 0 aliphatic carbocycles. The van der Waals surface area contributed by atoms with E-state index in [2.05, 4.69) is 5.32 Å². The fraction of sp³-hybridized carbons (Fsp3) is 0.409. The highest BCUT2D eigenvalue weighted by molar-refractivity contribution is 7.92. The molecule has 0 aromatic heterocycles. The van der Waals surface area contributed by atoms with Crippen LogP contribution in [0.25, 0.3) is 0 Å². The third-order valence-electron chi connectivity index (χ3n) is 5.42. The lowest BCUT2D eigenvalue weighted by Gasteiger charge is -2.39. The molecule has 8 nitrogen and oxygen atoms in total. The summed E-state index contributed by atoms with van der Waals surface area (Å²) < 4.78 is 43.1.